The number of rotatable bonds is 6. The molecule has 1 aromatic carbocycles. The average molecular weight is 484 g/mol. The second-order valence-electron chi connectivity index (χ2n) is 8.33. The minimum Gasteiger partial charge on any atom is -0.406 e. The summed E-state index contributed by atoms with van der Waals surface area (Å²) in [7, 11) is 1.59. The standard InChI is InChI=1S/C22H27F3N4O5/c1-31-9-6-19-26-20(34-27-19)17-12-16(15-2-4-18(5-3-15)33-22(23,24)25)13-29(14-17)21(30)28-7-10-32-11-8-28/h2-5,16-17H,6-14H2,1H3. The Morgan fingerprint density at radius 2 is 1.82 bits per heavy atom. The molecule has 0 bridgehead atoms. The van der Waals surface area contributed by atoms with Crippen LogP contribution in [-0.2, 0) is 15.9 Å². The van der Waals surface area contributed by atoms with Gasteiger partial charge in [-0.2, -0.15) is 4.98 Å². The summed E-state index contributed by atoms with van der Waals surface area (Å²) in [6.07, 6.45) is -3.64. The van der Waals surface area contributed by atoms with Gasteiger partial charge in [-0.3, -0.25) is 0 Å². The lowest BCUT2D eigenvalue weighted by atomic mass is 9.84. The van der Waals surface area contributed by atoms with Crippen LogP contribution < -0.4 is 4.74 Å². The lowest BCUT2D eigenvalue weighted by Gasteiger charge is -2.40. The van der Waals surface area contributed by atoms with E-state index >= 15 is 0 Å². The predicted molar refractivity (Wildman–Crippen MR) is 112 cm³/mol. The topological polar surface area (TPSA) is 90.2 Å². The van der Waals surface area contributed by atoms with Crippen LogP contribution >= 0.6 is 0 Å². The number of nitrogens with zero attached hydrogens (tertiary/aromatic N) is 4. The van der Waals surface area contributed by atoms with Gasteiger partial charge in [0.2, 0.25) is 5.89 Å². The molecule has 0 spiro atoms. The van der Waals surface area contributed by atoms with E-state index in [1.54, 1.807) is 29.0 Å². The smallest absolute Gasteiger partial charge is 0.406 e. The molecule has 9 nitrogen and oxygen atoms in total. The Morgan fingerprint density at radius 1 is 1.12 bits per heavy atom. The molecule has 2 aromatic rings. The molecule has 1 aromatic heterocycles. The number of morpholine rings is 1. The highest BCUT2D eigenvalue weighted by Crippen LogP contribution is 2.36. The molecule has 2 amide bonds. The van der Waals surface area contributed by atoms with Gasteiger partial charge in [-0.15, -0.1) is 13.2 Å². The van der Waals surface area contributed by atoms with E-state index in [0.717, 1.165) is 5.56 Å². The van der Waals surface area contributed by atoms with Crippen LogP contribution in [-0.4, -0.2) is 85.4 Å². The van der Waals surface area contributed by atoms with Crippen LogP contribution in [0.2, 0.25) is 0 Å². The zero-order chi connectivity index (χ0) is 24.1. The van der Waals surface area contributed by atoms with Crippen molar-refractivity contribution >= 4 is 6.03 Å². The Kier molecular flexibility index (Phi) is 7.57. The summed E-state index contributed by atoms with van der Waals surface area (Å²) in [5, 5.41) is 4.01. The van der Waals surface area contributed by atoms with Crippen LogP contribution in [0.3, 0.4) is 0 Å². The number of alkyl halides is 3. The largest absolute Gasteiger partial charge is 0.573 e. The van der Waals surface area contributed by atoms with Crippen LogP contribution in [0.4, 0.5) is 18.0 Å². The minimum atomic E-state index is -4.75. The molecule has 2 aliphatic heterocycles. The highest BCUT2D eigenvalue weighted by Gasteiger charge is 2.37. The van der Waals surface area contributed by atoms with E-state index in [4.69, 9.17) is 14.0 Å². The summed E-state index contributed by atoms with van der Waals surface area (Å²) in [6.45, 7) is 3.29. The highest BCUT2D eigenvalue weighted by atomic mass is 19.4. The monoisotopic (exact) mass is 484 g/mol. The summed E-state index contributed by atoms with van der Waals surface area (Å²) < 4.78 is 57.5. The fraction of sp³-hybridized carbons (Fsp3) is 0.591. The normalized spacial score (nSPS) is 21.5. The Balaban J connectivity index is 1.54. The molecule has 186 valence electrons. The van der Waals surface area contributed by atoms with Crippen molar-refractivity contribution in [1.82, 2.24) is 19.9 Å². The number of piperidine rings is 1. The van der Waals surface area contributed by atoms with Crippen molar-refractivity contribution in [2.24, 2.45) is 0 Å². The fourth-order valence-electron chi connectivity index (χ4n) is 4.30. The second kappa shape index (κ2) is 10.6. The number of urea groups is 1. The zero-order valence-electron chi connectivity index (χ0n) is 18.8. The van der Waals surface area contributed by atoms with E-state index in [0.29, 0.717) is 70.6 Å². The molecule has 3 heterocycles. The van der Waals surface area contributed by atoms with Gasteiger partial charge in [0.25, 0.3) is 0 Å². The van der Waals surface area contributed by atoms with Crippen molar-refractivity contribution in [3.05, 3.63) is 41.5 Å². The Labute approximate surface area is 194 Å². The SMILES string of the molecule is COCCc1noc(C2CC(c3ccc(OC(F)(F)F)cc3)CN(C(=O)N3CCOCC3)C2)n1. The van der Waals surface area contributed by atoms with Gasteiger partial charge in [-0.25, -0.2) is 4.79 Å². The van der Waals surface area contributed by atoms with E-state index < -0.39 is 6.36 Å². The molecule has 2 fully saturated rings. The molecule has 2 aliphatic rings. The third-order valence-electron chi connectivity index (χ3n) is 5.95. The molecular formula is C22H27F3N4O5. The molecule has 2 atom stereocenters. The van der Waals surface area contributed by atoms with Crippen molar-refractivity contribution in [3.8, 4) is 5.75 Å². The maximum absolute atomic E-state index is 13.2. The lowest BCUT2D eigenvalue weighted by molar-refractivity contribution is -0.274. The number of amides is 2. The molecule has 2 saturated heterocycles. The summed E-state index contributed by atoms with van der Waals surface area (Å²) in [5.41, 5.74) is 0.804. The number of hydrogen-bond donors (Lipinski definition) is 0. The zero-order valence-corrected chi connectivity index (χ0v) is 18.8. The number of aromatic nitrogens is 2. The van der Waals surface area contributed by atoms with E-state index in [2.05, 4.69) is 14.9 Å². The molecule has 34 heavy (non-hydrogen) atoms. The summed E-state index contributed by atoms with van der Waals surface area (Å²) in [6, 6.07) is 5.67. The van der Waals surface area contributed by atoms with Gasteiger partial charge in [0.15, 0.2) is 5.82 Å². The quantitative estimate of drug-likeness (QED) is 0.622. The van der Waals surface area contributed by atoms with Gasteiger partial charge >= 0.3 is 12.4 Å². The lowest BCUT2D eigenvalue weighted by Crippen LogP contribution is -2.52. The van der Waals surface area contributed by atoms with Crippen molar-refractivity contribution < 1.29 is 36.7 Å². The van der Waals surface area contributed by atoms with Gasteiger partial charge < -0.3 is 28.5 Å². The van der Waals surface area contributed by atoms with Crippen LogP contribution in [0.25, 0.3) is 0 Å². The van der Waals surface area contributed by atoms with Gasteiger partial charge in [0.05, 0.1) is 25.7 Å². The van der Waals surface area contributed by atoms with Crippen molar-refractivity contribution in [1.29, 1.82) is 0 Å². The summed E-state index contributed by atoms with van der Waals surface area (Å²) in [5.74, 6) is 0.340. The van der Waals surface area contributed by atoms with Gasteiger partial charge in [-0.1, -0.05) is 17.3 Å². The first-order chi connectivity index (χ1) is 16.3. The second-order valence-corrected chi connectivity index (χ2v) is 8.33. The van der Waals surface area contributed by atoms with Crippen molar-refractivity contribution in [2.75, 3.05) is 53.1 Å². The van der Waals surface area contributed by atoms with Gasteiger partial charge in [-0.05, 0) is 24.1 Å². The van der Waals surface area contributed by atoms with Gasteiger partial charge in [0, 0.05) is 45.6 Å². The minimum absolute atomic E-state index is 0.103. The van der Waals surface area contributed by atoms with Crippen molar-refractivity contribution in [2.45, 2.75) is 31.0 Å². The number of halogens is 3. The molecule has 2 unspecified atom stereocenters. The number of likely N-dealkylation sites (tertiary alicyclic amines) is 1. The third-order valence-corrected chi connectivity index (χ3v) is 5.95. The highest BCUT2D eigenvalue weighted by molar-refractivity contribution is 5.75. The van der Waals surface area contributed by atoms with Crippen LogP contribution in [0.1, 0.15) is 35.5 Å². The Hall–Kier alpha value is -2.86. The first-order valence-electron chi connectivity index (χ1n) is 11.1. The molecule has 0 saturated carbocycles. The third kappa shape index (κ3) is 6.17. The maximum Gasteiger partial charge on any atom is 0.573 e. The molecule has 0 N–H and O–H groups in total. The van der Waals surface area contributed by atoms with Crippen LogP contribution in [0, 0.1) is 0 Å². The van der Waals surface area contributed by atoms with E-state index in [-0.39, 0.29) is 23.6 Å². The Morgan fingerprint density at radius 3 is 2.50 bits per heavy atom. The fourth-order valence-corrected chi connectivity index (χ4v) is 4.30. The molecule has 4 rings (SSSR count). The van der Waals surface area contributed by atoms with E-state index in [1.165, 1.54) is 12.1 Å². The number of benzene rings is 1. The van der Waals surface area contributed by atoms with Crippen LogP contribution in [0.5, 0.6) is 5.75 Å². The number of carbonyl (C=O) groups is 1. The number of hydrogen-bond acceptors (Lipinski definition) is 7. The first-order valence-corrected chi connectivity index (χ1v) is 11.1. The molecule has 12 heteroatoms. The number of methoxy groups -OCH3 is 1. The number of carbonyl (C=O) groups excluding carboxylic acids is 1. The molecular weight excluding hydrogens is 457 g/mol. The first kappa shape index (κ1) is 24.3. The number of ether oxygens (including phenoxy) is 3. The van der Waals surface area contributed by atoms with Crippen molar-refractivity contribution in [3.63, 3.8) is 0 Å². The van der Waals surface area contributed by atoms with E-state index in [1.807, 2.05) is 0 Å². The molecule has 0 radical (unpaired) electrons. The predicted octanol–water partition coefficient (Wildman–Crippen LogP) is 3.18. The van der Waals surface area contributed by atoms with Crippen LogP contribution in [0.15, 0.2) is 28.8 Å². The average Bonchev–Trinajstić information content (AvgIpc) is 3.31. The summed E-state index contributed by atoms with van der Waals surface area (Å²) >= 11 is 0. The van der Waals surface area contributed by atoms with Gasteiger partial charge in [0.1, 0.15) is 5.75 Å². The van der Waals surface area contributed by atoms with E-state index in [9.17, 15) is 18.0 Å². The summed E-state index contributed by atoms with van der Waals surface area (Å²) in [4.78, 5) is 21.2. The molecule has 0 aliphatic carbocycles. The maximum atomic E-state index is 13.2. The Bertz CT molecular complexity index is 947.